The molecule has 0 bridgehead atoms. The molecular weight excluding hydrogens is 210 g/mol. The third-order valence-electron chi connectivity index (χ3n) is 4.57. The van der Waals surface area contributed by atoms with Gasteiger partial charge < -0.3 is 10.5 Å². The van der Waals surface area contributed by atoms with Gasteiger partial charge in [-0.05, 0) is 38.0 Å². The Morgan fingerprint density at radius 1 is 1.24 bits per heavy atom. The fourth-order valence-corrected chi connectivity index (χ4v) is 3.03. The van der Waals surface area contributed by atoms with E-state index in [1.54, 1.807) is 0 Å². The molecule has 0 amide bonds. The molecule has 1 fully saturated rings. The first-order chi connectivity index (χ1) is 8.14. The number of rotatable bonds is 7. The monoisotopic (exact) mass is 241 g/mol. The first-order valence-corrected chi connectivity index (χ1v) is 7.45. The number of ether oxygens (including phenoxy) is 1. The fourth-order valence-electron chi connectivity index (χ4n) is 3.03. The summed E-state index contributed by atoms with van der Waals surface area (Å²) in [6.45, 7) is 4.59. The van der Waals surface area contributed by atoms with Crippen molar-refractivity contribution in [2.45, 2.75) is 83.3 Å². The molecule has 0 aromatic heterocycles. The van der Waals surface area contributed by atoms with Gasteiger partial charge in [0.25, 0.3) is 0 Å². The van der Waals surface area contributed by atoms with Crippen LogP contribution >= 0.6 is 0 Å². The summed E-state index contributed by atoms with van der Waals surface area (Å²) in [6, 6.07) is 0.233. The van der Waals surface area contributed by atoms with Crippen LogP contribution in [0.4, 0.5) is 0 Å². The predicted molar refractivity (Wildman–Crippen MR) is 74.1 cm³/mol. The Balaban J connectivity index is 2.37. The molecule has 1 aliphatic rings. The summed E-state index contributed by atoms with van der Waals surface area (Å²) in [4.78, 5) is 0. The van der Waals surface area contributed by atoms with Crippen LogP contribution in [0, 0.1) is 5.92 Å². The highest BCUT2D eigenvalue weighted by molar-refractivity contribution is 4.94. The SMILES string of the molecule is CCCCCCC(N)C1(OC)CCC(C)CC1. The van der Waals surface area contributed by atoms with Gasteiger partial charge in [0.2, 0.25) is 0 Å². The van der Waals surface area contributed by atoms with Crippen LogP contribution in [-0.4, -0.2) is 18.8 Å². The van der Waals surface area contributed by atoms with Crippen molar-refractivity contribution in [2.75, 3.05) is 7.11 Å². The van der Waals surface area contributed by atoms with Gasteiger partial charge in [-0.15, -0.1) is 0 Å². The fraction of sp³-hybridized carbons (Fsp3) is 1.00. The second kappa shape index (κ2) is 7.38. The van der Waals surface area contributed by atoms with Crippen LogP contribution in [-0.2, 0) is 4.74 Å². The Bertz CT molecular complexity index is 197. The second-order valence-corrected chi connectivity index (χ2v) is 5.91. The van der Waals surface area contributed by atoms with E-state index < -0.39 is 0 Å². The van der Waals surface area contributed by atoms with Gasteiger partial charge in [-0.25, -0.2) is 0 Å². The zero-order valence-electron chi connectivity index (χ0n) is 12.0. The highest BCUT2D eigenvalue weighted by Crippen LogP contribution is 2.37. The Kier molecular flexibility index (Phi) is 6.50. The molecule has 0 heterocycles. The molecular formula is C15H31NO. The van der Waals surface area contributed by atoms with Crippen molar-refractivity contribution in [2.24, 2.45) is 11.7 Å². The van der Waals surface area contributed by atoms with Crippen LogP contribution in [0.2, 0.25) is 0 Å². The second-order valence-electron chi connectivity index (χ2n) is 5.91. The lowest BCUT2D eigenvalue weighted by Crippen LogP contribution is -2.51. The van der Waals surface area contributed by atoms with Crippen molar-refractivity contribution >= 4 is 0 Å². The maximum Gasteiger partial charge on any atom is 0.0829 e. The molecule has 2 heteroatoms. The molecule has 102 valence electrons. The number of methoxy groups -OCH3 is 1. The average molecular weight is 241 g/mol. The van der Waals surface area contributed by atoms with Gasteiger partial charge in [-0.3, -0.25) is 0 Å². The molecule has 1 unspecified atom stereocenters. The van der Waals surface area contributed by atoms with Gasteiger partial charge in [0.15, 0.2) is 0 Å². The van der Waals surface area contributed by atoms with Crippen molar-refractivity contribution in [3.63, 3.8) is 0 Å². The molecule has 1 rings (SSSR count). The first-order valence-electron chi connectivity index (χ1n) is 7.45. The number of hydrogen-bond donors (Lipinski definition) is 1. The number of nitrogens with two attached hydrogens (primary N) is 1. The molecule has 0 aromatic carbocycles. The first kappa shape index (κ1) is 15.0. The van der Waals surface area contributed by atoms with E-state index >= 15 is 0 Å². The Hall–Kier alpha value is -0.0800. The van der Waals surface area contributed by atoms with Crippen LogP contribution in [0.3, 0.4) is 0 Å². The molecule has 2 N–H and O–H groups in total. The van der Waals surface area contributed by atoms with E-state index in [2.05, 4.69) is 13.8 Å². The summed E-state index contributed by atoms with van der Waals surface area (Å²) in [6.07, 6.45) is 11.2. The van der Waals surface area contributed by atoms with Gasteiger partial charge >= 0.3 is 0 Å². The number of hydrogen-bond acceptors (Lipinski definition) is 2. The highest BCUT2D eigenvalue weighted by atomic mass is 16.5. The van der Waals surface area contributed by atoms with Gasteiger partial charge in [-0.1, -0.05) is 39.5 Å². The maximum atomic E-state index is 6.40. The van der Waals surface area contributed by atoms with Crippen molar-refractivity contribution in [1.29, 1.82) is 0 Å². The standard InChI is InChI=1S/C15H31NO/c1-4-5-6-7-8-14(16)15(17-3)11-9-13(2)10-12-15/h13-14H,4-12,16H2,1-3H3. The minimum atomic E-state index is -0.0152. The van der Waals surface area contributed by atoms with Gasteiger partial charge in [0.1, 0.15) is 0 Å². The summed E-state index contributed by atoms with van der Waals surface area (Å²) in [5.74, 6) is 0.852. The molecule has 1 aliphatic carbocycles. The summed E-state index contributed by atoms with van der Waals surface area (Å²) in [5.41, 5.74) is 6.38. The van der Waals surface area contributed by atoms with E-state index in [4.69, 9.17) is 10.5 Å². The Labute approximate surface area is 107 Å². The van der Waals surface area contributed by atoms with Crippen LogP contribution in [0.25, 0.3) is 0 Å². The van der Waals surface area contributed by atoms with Crippen molar-refractivity contribution in [1.82, 2.24) is 0 Å². The largest absolute Gasteiger partial charge is 0.377 e. The quantitative estimate of drug-likeness (QED) is 0.687. The molecule has 17 heavy (non-hydrogen) atoms. The number of unbranched alkanes of at least 4 members (excludes halogenated alkanes) is 3. The summed E-state index contributed by atoms with van der Waals surface area (Å²) < 4.78 is 5.82. The van der Waals surface area contributed by atoms with E-state index in [1.807, 2.05) is 7.11 Å². The van der Waals surface area contributed by atoms with E-state index in [-0.39, 0.29) is 11.6 Å². The average Bonchev–Trinajstić information content (AvgIpc) is 2.36. The third kappa shape index (κ3) is 4.26. The highest BCUT2D eigenvalue weighted by Gasteiger charge is 2.39. The summed E-state index contributed by atoms with van der Waals surface area (Å²) in [5, 5.41) is 0. The summed E-state index contributed by atoms with van der Waals surface area (Å²) in [7, 11) is 1.85. The molecule has 1 atom stereocenters. The molecule has 1 saturated carbocycles. The smallest absolute Gasteiger partial charge is 0.0829 e. The lowest BCUT2D eigenvalue weighted by Gasteiger charge is -2.42. The van der Waals surface area contributed by atoms with E-state index in [9.17, 15) is 0 Å². The molecule has 0 spiro atoms. The van der Waals surface area contributed by atoms with Gasteiger partial charge in [-0.2, -0.15) is 0 Å². The van der Waals surface area contributed by atoms with E-state index in [0.717, 1.165) is 25.2 Å². The lowest BCUT2D eigenvalue weighted by atomic mass is 9.74. The van der Waals surface area contributed by atoms with Gasteiger partial charge in [0, 0.05) is 13.2 Å². The van der Waals surface area contributed by atoms with Crippen LogP contribution in [0.15, 0.2) is 0 Å². The molecule has 2 nitrogen and oxygen atoms in total. The molecule has 0 radical (unpaired) electrons. The van der Waals surface area contributed by atoms with Crippen molar-refractivity contribution in [3.05, 3.63) is 0 Å². The zero-order chi connectivity index (χ0) is 12.7. The maximum absolute atomic E-state index is 6.40. The molecule has 0 aliphatic heterocycles. The predicted octanol–water partition coefficient (Wildman–Crippen LogP) is 3.88. The molecule has 0 saturated heterocycles. The van der Waals surface area contributed by atoms with E-state index in [1.165, 1.54) is 38.5 Å². The Morgan fingerprint density at radius 2 is 1.88 bits per heavy atom. The van der Waals surface area contributed by atoms with Crippen molar-refractivity contribution in [3.8, 4) is 0 Å². The van der Waals surface area contributed by atoms with Gasteiger partial charge in [0.05, 0.1) is 5.60 Å². The minimum absolute atomic E-state index is 0.0152. The molecule has 0 aromatic rings. The zero-order valence-corrected chi connectivity index (χ0v) is 12.0. The third-order valence-corrected chi connectivity index (χ3v) is 4.57. The summed E-state index contributed by atoms with van der Waals surface area (Å²) >= 11 is 0. The van der Waals surface area contributed by atoms with Crippen LogP contribution < -0.4 is 5.73 Å². The Morgan fingerprint density at radius 3 is 2.41 bits per heavy atom. The minimum Gasteiger partial charge on any atom is -0.377 e. The lowest BCUT2D eigenvalue weighted by molar-refractivity contribution is -0.0680. The van der Waals surface area contributed by atoms with Crippen LogP contribution in [0.1, 0.15) is 71.6 Å². The van der Waals surface area contributed by atoms with Crippen LogP contribution in [0.5, 0.6) is 0 Å². The van der Waals surface area contributed by atoms with Crippen molar-refractivity contribution < 1.29 is 4.74 Å². The van der Waals surface area contributed by atoms with E-state index in [0.29, 0.717) is 0 Å². The topological polar surface area (TPSA) is 35.2 Å². The normalized spacial score (nSPS) is 31.4.